The number of hydrogen-bond donors (Lipinski definition) is 0. The van der Waals surface area contributed by atoms with Crippen LogP contribution in [0, 0.1) is 0 Å². The summed E-state index contributed by atoms with van der Waals surface area (Å²) in [4.78, 5) is 30.6. The lowest BCUT2D eigenvalue weighted by Gasteiger charge is -2.04. The Hall–Kier alpha value is -2.66. The number of ketones is 1. The molecule has 0 saturated heterocycles. The zero-order valence-corrected chi connectivity index (χ0v) is 14.8. The van der Waals surface area contributed by atoms with E-state index in [9.17, 15) is 9.59 Å². The fourth-order valence-corrected chi connectivity index (χ4v) is 2.77. The van der Waals surface area contributed by atoms with E-state index in [4.69, 9.17) is 4.84 Å². The Morgan fingerprint density at radius 3 is 2.36 bits per heavy atom. The molecule has 0 fully saturated rings. The molecule has 2 aromatic carbocycles. The van der Waals surface area contributed by atoms with Gasteiger partial charge in [0.2, 0.25) is 5.78 Å². The molecule has 0 aliphatic heterocycles. The first kappa shape index (κ1) is 18.7. The van der Waals surface area contributed by atoms with Gasteiger partial charge in [0.25, 0.3) is 0 Å². The molecule has 0 heterocycles. The van der Waals surface area contributed by atoms with Crippen molar-refractivity contribution in [2.45, 2.75) is 29.6 Å². The Bertz CT molecular complexity index is 767. The molecule has 0 spiro atoms. The molecule has 5 heteroatoms. The van der Waals surface area contributed by atoms with Crippen LogP contribution < -0.4 is 0 Å². The SMILES string of the molecule is C=CCCC(=O)ON=C(C)C(=O)c1ccc(Sc2ccccc2)cc1. The molecule has 25 heavy (non-hydrogen) atoms. The smallest absolute Gasteiger partial charge is 0.318 e. The van der Waals surface area contributed by atoms with Gasteiger partial charge in [-0.25, -0.2) is 4.79 Å². The van der Waals surface area contributed by atoms with Crippen LogP contribution in [0.2, 0.25) is 0 Å². The number of nitrogens with zero attached hydrogens (tertiary/aromatic N) is 1. The van der Waals surface area contributed by atoms with Gasteiger partial charge in [0.1, 0.15) is 5.71 Å². The van der Waals surface area contributed by atoms with Crippen LogP contribution >= 0.6 is 11.8 Å². The Balaban J connectivity index is 1.97. The predicted molar refractivity (Wildman–Crippen MR) is 100.0 cm³/mol. The first-order valence-corrected chi connectivity index (χ1v) is 8.65. The predicted octanol–water partition coefficient (Wildman–Crippen LogP) is 4.91. The van der Waals surface area contributed by atoms with Gasteiger partial charge >= 0.3 is 5.97 Å². The van der Waals surface area contributed by atoms with E-state index in [1.807, 2.05) is 42.5 Å². The molecular formula is C20H19NO3S. The van der Waals surface area contributed by atoms with E-state index in [0.717, 1.165) is 9.79 Å². The molecule has 2 rings (SSSR count). The van der Waals surface area contributed by atoms with Gasteiger partial charge in [-0.15, -0.1) is 6.58 Å². The highest BCUT2D eigenvalue weighted by molar-refractivity contribution is 7.99. The lowest BCUT2D eigenvalue weighted by Crippen LogP contribution is -2.12. The lowest BCUT2D eigenvalue weighted by atomic mass is 10.1. The molecule has 128 valence electrons. The number of rotatable bonds is 8. The molecule has 0 amide bonds. The number of allylic oxidation sites excluding steroid dienone is 1. The molecule has 0 aliphatic rings. The highest BCUT2D eigenvalue weighted by Gasteiger charge is 2.11. The minimum atomic E-state index is -0.485. The van der Waals surface area contributed by atoms with E-state index in [1.54, 1.807) is 30.0 Å². The third kappa shape index (κ3) is 6.04. The molecule has 4 nitrogen and oxygen atoms in total. The number of benzene rings is 2. The van der Waals surface area contributed by atoms with E-state index in [0.29, 0.717) is 12.0 Å². The van der Waals surface area contributed by atoms with Crippen LogP contribution in [-0.2, 0) is 9.63 Å². The Morgan fingerprint density at radius 2 is 1.72 bits per heavy atom. The number of oxime groups is 1. The summed E-state index contributed by atoms with van der Waals surface area (Å²) in [5.41, 5.74) is 0.635. The summed E-state index contributed by atoms with van der Waals surface area (Å²) in [5.74, 6) is -0.755. The molecule has 0 bridgehead atoms. The summed E-state index contributed by atoms with van der Waals surface area (Å²) in [6.07, 6.45) is 2.33. The average molecular weight is 353 g/mol. The zero-order valence-electron chi connectivity index (χ0n) is 14.0. The summed E-state index contributed by atoms with van der Waals surface area (Å²) >= 11 is 1.62. The van der Waals surface area contributed by atoms with Crippen molar-refractivity contribution in [3.8, 4) is 0 Å². The van der Waals surface area contributed by atoms with Gasteiger partial charge in [0.05, 0.1) is 6.42 Å². The van der Waals surface area contributed by atoms with E-state index >= 15 is 0 Å². The summed E-state index contributed by atoms with van der Waals surface area (Å²) < 4.78 is 0. The van der Waals surface area contributed by atoms with Crippen molar-refractivity contribution in [2.24, 2.45) is 5.16 Å². The first-order valence-electron chi connectivity index (χ1n) is 7.83. The second-order valence-electron chi connectivity index (χ2n) is 5.24. The van der Waals surface area contributed by atoms with Gasteiger partial charge in [-0.1, -0.05) is 41.2 Å². The molecular weight excluding hydrogens is 334 g/mol. The third-order valence-corrected chi connectivity index (χ3v) is 4.28. The summed E-state index contributed by atoms with van der Waals surface area (Å²) in [5, 5.41) is 3.62. The average Bonchev–Trinajstić information content (AvgIpc) is 2.65. The summed E-state index contributed by atoms with van der Waals surface area (Å²) in [7, 11) is 0. The van der Waals surface area contributed by atoms with Crippen LogP contribution in [0.4, 0.5) is 0 Å². The van der Waals surface area contributed by atoms with Gasteiger partial charge in [-0.3, -0.25) is 4.79 Å². The second kappa shape index (κ2) is 9.59. The molecule has 0 radical (unpaired) electrons. The van der Waals surface area contributed by atoms with E-state index < -0.39 is 5.97 Å². The van der Waals surface area contributed by atoms with E-state index in [-0.39, 0.29) is 17.9 Å². The van der Waals surface area contributed by atoms with Crippen molar-refractivity contribution in [3.63, 3.8) is 0 Å². The van der Waals surface area contributed by atoms with Crippen LogP contribution in [0.25, 0.3) is 0 Å². The quantitative estimate of drug-likeness (QED) is 0.222. The van der Waals surface area contributed by atoms with Gasteiger partial charge in [0, 0.05) is 15.4 Å². The number of carbonyl (C=O) groups excluding carboxylic acids is 2. The Kier molecular flexibility index (Phi) is 7.16. The standard InChI is InChI=1S/C20H19NO3S/c1-3-4-10-19(22)24-21-15(2)20(23)16-11-13-18(14-12-16)25-17-8-6-5-7-9-17/h3,5-9,11-14H,1,4,10H2,2H3. The molecule has 2 aromatic rings. The molecule has 0 unspecified atom stereocenters. The van der Waals surface area contributed by atoms with Crippen LogP contribution in [0.5, 0.6) is 0 Å². The maximum absolute atomic E-state index is 12.3. The molecule has 0 N–H and O–H groups in total. The van der Waals surface area contributed by atoms with Crippen molar-refractivity contribution in [3.05, 3.63) is 72.8 Å². The summed E-state index contributed by atoms with van der Waals surface area (Å²) in [6.45, 7) is 5.05. The molecule has 0 saturated carbocycles. The maximum atomic E-state index is 12.3. The van der Waals surface area contributed by atoms with Gasteiger partial charge in [-0.05, 0) is 49.7 Å². The van der Waals surface area contributed by atoms with Crippen molar-refractivity contribution in [1.29, 1.82) is 0 Å². The van der Waals surface area contributed by atoms with Crippen LogP contribution in [-0.4, -0.2) is 17.5 Å². The highest BCUT2D eigenvalue weighted by atomic mass is 32.2. The topological polar surface area (TPSA) is 55.7 Å². The zero-order chi connectivity index (χ0) is 18.1. The monoisotopic (exact) mass is 353 g/mol. The Labute approximate surface area is 151 Å². The van der Waals surface area contributed by atoms with E-state index in [2.05, 4.69) is 11.7 Å². The van der Waals surface area contributed by atoms with Crippen molar-refractivity contribution in [1.82, 2.24) is 0 Å². The largest absolute Gasteiger partial charge is 0.335 e. The molecule has 0 aliphatic carbocycles. The molecule has 0 atom stereocenters. The molecule has 0 aromatic heterocycles. The second-order valence-corrected chi connectivity index (χ2v) is 6.38. The number of Topliss-reactive ketones (excluding diaryl/α,β-unsaturated/α-hetero) is 1. The fraction of sp³-hybridized carbons (Fsp3) is 0.150. The number of hydrogen-bond acceptors (Lipinski definition) is 5. The van der Waals surface area contributed by atoms with Gasteiger partial charge < -0.3 is 4.84 Å². The van der Waals surface area contributed by atoms with E-state index in [1.165, 1.54) is 6.92 Å². The summed E-state index contributed by atoms with van der Waals surface area (Å²) in [6, 6.07) is 17.2. The third-order valence-electron chi connectivity index (χ3n) is 3.26. The normalized spacial score (nSPS) is 11.0. The maximum Gasteiger partial charge on any atom is 0.335 e. The lowest BCUT2D eigenvalue weighted by molar-refractivity contribution is -0.143. The first-order chi connectivity index (χ1) is 12.1. The van der Waals surface area contributed by atoms with Crippen LogP contribution in [0.3, 0.4) is 0 Å². The van der Waals surface area contributed by atoms with Gasteiger partial charge in [-0.2, -0.15) is 0 Å². The minimum absolute atomic E-state index is 0.135. The highest BCUT2D eigenvalue weighted by Crippen LogP contribution is 2.27. The van der Waals surface area contributed by atoms with Crippen molar-refractivity contribution in [2.75, 3.05) is 0 Å². The van der Waals surface area contributed by atoms with Crippen molar-refractivity contribution >= 4 is 29.2 Å². The number of carbonyl (C=O) groups is 2. The van der Waals surface area contributed by atoms with Crippen molar-refractivity contribution < 1.29 is 14.4 Å². The van der Waals surface area contributed by atoms with Crippen LogP contribution in [0.15, 0.2) is 82.2 Å². The minimum Gasteiger partial charge on any atom is -0.318 e. The van der Waals surface area contributed by atoms with Gasteiger partial charge in [0.15, 0.2) is 0 Å². The Morgan fingerprint density at radius 1 is 1.08 bits per heavy atom. The van der Waals surface area contributed by atoms with Crippen LogP contribution in [0.1, 0.15) is 30.1 Å². The fourth-order valence-electron chi connectivity index (χ4n) is 1.93.